The molecule has 0 radical (unpaired) electrons. The van der Waals surface area contributed by atoms with Gasteiger partial charge in [-0.3, -0.25) is 9.78 Å². The zero-order valence-electron chi connectivity index (χ0n) is 12.5. The van der Waals surface area contributed by atoms with Gasteiger partial charge < -0.3 is 10.6 Å². The molecule has 2 N–H and O–H groups in total. The Morgan fingerprint density at radius 1 is 1.17 bits per heavy atom. The SMILES string of the molecule is O=C(Nc1ccc(C=C2CNC2)cc1)c1ccnc(C(F)(F)F)c1. The van der Waals surface area contributed by atoms with Gasteiger partial charge >= 0.3 is 6.18 Å². The maximum absolute atomic E-state index is 12.6. The van der Waals surface area contributed by atoms with Crippen LogP contribution in [0.1, 0.15) is 21.6 Å². The van der Waals surface area contributed by atoms with Crippen LogP contribution >= 0.6 is 0 Å². The fraction of sp³-hybridized carbons (Fsp3) is 0.176. The van der Waals surface area contributed by atoms with Crippen molar-refractivity contribution in [3.8, 4) is 0 Å². The first-order valence-corrected chi connectivity index (χ1v) is 7.27. The van der Waals surface area contributed by atoms with Gasteiger partial charge in [-0.05, 0) is 35.4 Å². The Balaban J connectivity index is 1.70. The summed E-state index contributed by atoms with van der Waals surface area (Å²) < 4.78 is 37.9. The van der Waals surface area contributed by atoms with Crippen LogP contribution in [0.5, 0.6) is 0 Å². The largest absolute Gasteiger partial charge is 0.433 e. The van der Waals surface area contributed by atoms with E-state index in [4.69, 9.17) is 0 Å². The van der Waals surface area contributed by atoms with Gasteiger partial charge in [-0.25, -0.2) is 0 Å². The molecule has 0 unspecified atom stereocenters. The molecule has 1 fully saturated rings. The van der Waals surface area contributed by atoms with Crippen molar-refractivity contribution in [2.75, 3.05) is 18.4 Å². The van der Waals surface area contributed by atoms with Gasteiger partial charge in [0.05, 0.1) is 0 Å². The normalized spacial score (nSPS) is 14.0. The maximum Gasteiger partial charge on any atom is 0.433 e. The molecule has 4 nitrogen and oxygen atoms in total. The summed E-state index contributed by atoms with van der Waals surface area (Å²) in [7, 11) is 0. The number of carbonyl (C=O) groups is 1. The second-order valence-corrected chi connectivity index (χ2v) is 5.41. The lowest BCUT2D eigenvalue weighted by Gasteiger charge is -2.18. The van der Waals surface area contributed by atoms with Crippen LogP contribution in [-0.4, -0.2) is 24.0 Å². The van der Waals surface area contributed by atoms with Crippen LogP contribution in [0.3, 0.4) is 0 Å². The molecule has 3 rings (SSSR count). The van der Waals surface area contributed by atoms with Crippen LogP contribution in [0.2, 0.25) is 0 Å². The monoisotopic (exact) mass is 333 g/mol. The third-order valence-electron chi connectivity index (χ3n) is 3.56. The number of hydrogen-bond donors (Lipinski definition) is 2. The van der Waals surface area contributed by atoms with E-state index in [9.17, 15) is 18.0 Å². The molecule has 1 amide bonds. The Bertz CT molecular complexity index is 776. The molecule has 24 heavy (non-hydrogen) atoms. The third kappa shape index (κ3) is 3.80. The van der Waals surface area contributed by atoms with Crippen LogP contribution in [0.4, 0.5) is 18.9 Å². The zero-order valence-corrected chi connectivity index (χ0v) is 12.5. The number of nitrogens with one attached hydrogen (secondary N) is 2. The average molecular weight is 333 g/mol. The van der Waals surface area contributed by atoms with Crippen molar-refractivity contribution in [3.63, 3.8) is 0 Å². The molecule has 0 aliphatic carbocycles. The van der Waals surface area contributed by atoms with Gasteiger partial charge in [0.25, 0.3) is 5.91 Å². The number of nitrogens with zero attached hydrogens (tertiary/aromatic N) is 1. The first-order valence-electron chi connectivity index (χ1n) is 7.27. The quantitative estimate of drug-likeness (QED) is 0.906. The van der Waals surface area contributed by atoms with Gasteiger partial charge in [-0.2, -0.15) is 13.2 Å². The minimum absolute atomic E-state index is 0.0935. The molecular weight excluding hydrogens is 319 g/mol. The minimum atomic E-state index is -4.58. The predicted molar refractivity (Wildman–Crippen MR) is 84.5 cm³/mol. The van der Waals surface area contributed by atoms with Crippen molar-refractivity contribution in [1.82, 2.24) is 10.3 Å². The summed E-state index contributed by atoms with van der Waals surface area (Å²) in [5.74, 6) is -0.614. The number of amides is 1. The molecule has 1 aromatic heterocycles. The fourth-order valence-corrected chi connectivity index (χ4v) is 2.20. The summed E-state index contributed by atoms with van der Waals surface area (Å²) in [5, 5.41) is 5.72. The molecule has 0 bridgehead atoms. The van der Waals surface area contributed by atoms with E-state index in [1.165, 1.54) is 11.6 Å². The van der Waals surface area contributed by atoms with Crippen molar-refractivity contribution >= 4 is 17.7 Å². The van der Waals surface area contributed by atoms with Gasteiger partial charge in [-0.15, -0.1) is 0 Å². The molecule has 0 spiro atoms. The third-order valence-corrected chi connectivity index (χ3v) is 3.56. The zero-order chi connectivity index (χ0) is 17.2. The fourth-order valence-electron chi connectivity index (χ4n) is 2.20. The molecule has 124 valence electrons. The Morgan fingerprint density at radius 3 is 2.46 bits per heavy atom. The molecule has 1 aliphatic rings. The molecule has 0 saturated carbocycles. The number of hydrogen-bond acceptors (Lipinski definition) is 3. The Kier molecular flexibility index (Phi) is 4.35. The van der Waals surface area contributed by atoms with Gasteiger partial charge in [0, 0.05) is 30.5 Å². The second-order valence-electron chi connectivity index (χ2n) is 5.41. The van der Waals surface area contributed by atoms with E-state index in [2.05, 4.69) is 21.7 Å². The van der Waals surface area contributed by atoms with Crippen LogP contribution in [0.25, 0.3) is 6.08 Å². The van der Waals surface area contributed by atoms with E-state index in [0.29, 0.717) is 5.69 Å². The predicted octanol–water partition coefficient (Wildman–Crippen LogP) is 3.34. The summed E-state index contributed by atoms with van der Waals surface area (Å²) in [5.41, 5.74) is 1.63. The van der Waals surface area contributed by atoms with Crippen molar-refractivity contribution in [2.24, 2.45) is 0 Å². The van der Waals surface area contributed by atoms with Crippen LogP contribution in [0.15, 0.2) is 48.2 Å². The average Bonchev–Trinajstić information content (AvgIpc) is 2.52. The number of alkyl halides is 3. The smallest absolute Gasteiger partial charge is 0.322 e. The highest BCUT2D eigenvalue weighted by molar-refractivity contribution is 6.04. The number of rotatable bonds is 3. The maximum atomic E-state index is 12.6. The summed E-state index contributed by atoms with van der Waals surface area (Å²) in [4.78, 5) is 15.3. The Morgan fingerprint density at radius 2 is 1.88 bits per heavy atom. The molecule has 2 aromatic rings. The topological polar surface area (TPSA) is 54.0 Å². The molecule has 7 heteroatoms. The Labute approximate surface area is 136 Å². The summed E-state index contributed by atoms with van der Waals surface area (Å²) in [6, 6.07) is 9.08. The van der Waals surface area contributed by atoms with Crippen LogP contribution in [-0.2, 0) is 6.18 Å². The lowest BCUT2D eigenvalue weighted by Crippen LogP contribution is -2.33. The lowest BCUT2D eigenvalue weighted by atomic mass is 10.1. The van der Waals surface area contributed by atoms with Gasteiger partial charge in [0.1, 0.15) is 5.69 Å². The lowest BCUT2D eigenvalue weighted by molar-refractivity contribution is -0.141. The van der Waals surface area contributed by atoms with Crippen molar-refractivity contribution < 1.29 is 18.0 Å². The number of halogens is 3. The summed E-state index contributed by atoms with van der Waals surface area (Å²) >= 11 is 0. The molecule has 1 aliphatic heterocycles. The molecule has 1 aromatic carbocycles. The van der Waals surface area contributed by atoms with E-state index in [1.807, 2.05) is 12.1 Å². The molecule has 1 saturated heterocycles. The Hall–Kier alpha value is -2.67. The van der Waals surface area contributed by atoms with Gasteiger partial charge in [0.15, 0.2) is 0 Å². The van der Waals surface area contributed by atoms with Crippen molar-refractivity contribution in [3.05, 3.63) is 65.0 Å². The number of aromatic nitrogens is 1. The summed E-state index contributed by atoms with van der Waals surface area (Å²) in [6.45, 7) is 1.75. The van der Waals surface area contributed by atoms with Gasteiger partial charge in [0.2, 0.25) is 0 Å². The minimum Gasteiger partial charge on any atom is -0.322 e. The number of carbonyl (C=O) groups excluding carboxylic acids is 1. The van der Waals surface area contributed by atoms with Crippen molar-refractivity contribution in [2.45, 2.75) is 6.18 Å². The highest BCUT2D eigenvalue weighted by Gasteiger charge is 2.32. The standard InChI is InChI=1S/C17H14F3N3O/c18-17(19,20)15-8-13(5-6-22-15)16(24)23-14-3-1-11(2-4-14)7-12-9-21-10-12/h1-8,21H,9-10H2,(H,23,24). The first-order chi connectivity index (χ1) is 11.4. The van der Waals surface area contributed by atoms with E-state index in [-0.39, 0.29) is 5.56 Å². The molecule has 2 heterocycles. The van der Waals surface area contributed by atoms with E-state index >= 15 is 0 Å². The summed E-state index contributed by atoms with van der Waals surface area (Å²) in [6.07, 6.45) is -1.55. The highest BCUT2D eigenvalue weighted by atomic mass is 19.4. The number of benzene rings is 1. The van der Waals surface area contributed by atoms with Crippen molar-refractivity contribution in [1.29, 1.82) is 0 Å². The van der Waals surface area contributed by atoms with Crippen LogP contribution in [0, 0.1) is 0 Å². The number of pyridine rings is 1. The second kappa shape index (κ2) is 6.45. The first kappa shape index (κ1) is 16.2. The van der Waals surface area contributed by atoms with E-state index < -0.39 is 17.8 Å². The van der Waals surface area contributed by atoms with E-state index in [0.717, 1.165) is 30.9 Å². The number of anilines is 1. The van der Waals surface area contributed by atoms with E-state index in [1.54, 1.807) is 12.1 Å². The molecular formula is C17H14F3N3O. The van der Waals surface area contributed by atoms with Gasteiger partial charge in [-0.1, -0.05) is 18.2 Å². The highest BCUT2D eigenvalue weighted by Crippen LogP contribution is 2.27. The molecule has 0 atom stereocenters. The van der Waals surface area contributed by atoms with Crippen LogP contribution < -0.4 is 10.6 Å².